The zero-order valence-electron chi connectivity index (χ0n) is 11.8. The van der Waals surface area contributed by atoms with Crippen molar-refractivity contribution in [1.29, 1.82) is 0 Å². The van der Waals surface area contributed by atoms with Gasteiger partial charge in [0.05, 0.1) is 12.0 Å². The van der Waals surface area contributed by atoms with Crippen LogP contribution < -0.4 is 5.48 Å². The number of rotatable bonds is 5. The van der Waals surface area contributed by atoms with Gasteiger partial charge in [-0.1, -0.05) is 57.0 Å². The summed E-state index contributed by atoms with van der Waals surface area (Å²) in [6.45, 7) is 4.68. The van der Waals surface area contributed by atoms with Gasteiger partial charge in [0.15, 0.2) is 0 Å². The van der Waals surface area contributed by atoms with Crippen molar-refractivity contribution in [2.75, 3.05) is 6.61 Å². The molecule has 104 valence electrons. The minimum Gasteiger partial charge on any atom is -0.273 e. The van der Waals surface area contributed by atoms with Gasteiger partial charge in [0.1, 0.15) is 0 Å². The van der Waals surface area contributed by atoms with Crippen LogP contribution in [0.1, 0.15) is 45.1 Å². The summed E-state index contributed by atoms with van der Waals surface area (Å²) in [6, 6.07) is 10.1. The Labute approximate surface area is 115 Å². The van der Waals surface area contributed by atoms with E-state index < -0.39 is 5.41 Å². The maximum Gasteiger partial charge on any atom is 0.254 e. The third-order valence-electron chi connectivity index (χ3n) is 3.80. The van der Waals surface area contributed by atoms with E-state index in [0.717, 1.165) is 31.2 Å². The monoisotopic (exact) mass is 261 g/mol. The van der Waals surface area contributed by atoms with Crippen molar-refractivity contribution >= 4 is 5.91 Å². The van der Waals surface area contributed by atoms with Crippen LogP contribution in [0.15, 0.2) is 30.3 Å². The molecule has 1 aliphatic carbocycles. The van der Waals surface area contributed by atoms with Gasteiger partial charge in [-0.3, -0.25) is 9.63 Å². The molecular weight excluding hydrogens is 238 g/mol. The highest BCUT2D eigenvalue weighted by atomic mass is 16.7. The first kappa shape index (κ1) is 14.1. The molecule has 1 N–H and O–H groups in total. The highest BCUT2D eigenvalue weighted by molar-refractivity contribution is 5.87. The van der Waals surface area contributed by atoms with E-state index in [4.69, 9.17) is 4.84 Å². The van der Waals surface area contributed by atoms with Crippen LogP contribution >= 0.6 is 0 Å². The third-order valence-corrected chi connectivity index (χ3v) is 3.80. The molecule has 3 nitrogen and oxygen atoms in total. The average molecular weight is 261 g/mol. The molecule has 2 rings (SSSR count). The number of benzene rings is 1. The Bertz CT molecular complexity index is 408. The molecule has 1 saturated carbocycles. The molecule has 0 bridgehead atoms. The van der Waals surface area contributed by atoms with Crippen LogP contribution in [-0.2, 0) is 15.0 Å². The molecule has 1 aliphatic rings. The lowest BCUT2D eigenvalue weighted by Gasteiger charge is -2.28. The molecular formula is C16H23NO2. The van der Waals surface area contributed by atoms with Crippen LogP contribution in [0.5, 0.6) is 0 Å². The van der Waals surface area contributed by atoms with E-state index in [-0.39, 0.29) is 5.91 Å². The Balaban J connectivity index is 2.09. The molecule has 1 aromatic rings. The fourth-order valence-corrected chi connectivity index (χ4v) is 2.75. The van der Waals surface area contributed by atoms with Crippen LogP contribution in [0.2, 0.25) is 0 Å². The second kappa shape index (κ2) is 6.20. The van der Waals surface area contributed by atoms with Crippen molar-refractivity contribution < 1.29 is 9.63 Å². The van der Waals surface area contributed by atoms with Crippen molar-refractivity contribution in [2.24, 2.45) is 5.92 Å². The second-order valence-corrected chi connectivity index (χ2v) is 5.79. The Morgan fingerprint density at radius 3 is 2.47 bits per heavy atom. The van der Waals surface area contributed by atoms with E-state index in [2.05, 4.69) is 19.3 Å². The molecule has 0 aliphatic heterocycles. The van der Waals surface area contributed by atoms with Crippen molar-refractivity contribution in [3.05, 3.63) is 35.9 Å². The summed E-state index contributed by atoms with van der Waals surface area (Å²) in [6.07, 6.45) is 4.03. The predicted molar refractivity (Wildman–Crippen MR) is 75.5 cm³/mol. The normalized spacial score (nSPS) is 17.6. The van der Waals surface area contributed by atoms with Crippen LogP contribution in [-0.4, -0.2) is 12.5 Å². The van der Waals surface area contributed by atoms with Crippen molar-refractivity contribution in [2.45, 2.75) is 44.9 Å². The summed E-state index contributed by atoms with van der Waals surface area (Å²) < 4.78 is 0. The van der Waals surface area contributed by atoms with Gasteiger partial charge in [0, 0.05) is 0 Å². The Hall–Kier alpha value is -1.35. The van der Waals surface area contributed by atoms with Crippen molar-refractivity contribution in [3.8, 4) is 0 Å². The van der Waals surface area contributed by atoms with E-state index in [1.165, 1.54) is 0 Å². The van der Waals surface area contributed by atoms with Crippen LogP contribution in [0.3, 0.4) is 0 Å². The van der Waals surface area contributed by atoms with E-state index in [0.29, 0.717) is 12.5 Å². The minimum atomic E-state index is -0.391. The molecule has 0 atom stereocenters. The first-order chi connectivity index (χ1) is 9.15. The number of hydrogen-bond donors (Lipinski definition) is 1. The van der Waals surface area contributed by atoms with Gasteiger partial charge in [-0.05, 0) is 24.3 Å². The van der Waals surface area contributed by atoms with Crippen LogP contribution in [0.4, 0.5) is 0 Å². The third kappa shape index (κ3) is 3.16. The minimum absolute atomic E-state index is 0.0110. The molecule has 1 fully saturated rings. The van der Waals surface area contributed by atoms with Gasteiger partial charge >= 0.3 is 0 Å². The molecule has 0 aromatic heterocycles. The summed E-state index contributed by atoms with van der Waals surface area (Å²) >= 11 is 0. The molecule has 0 saturated heterocycles. The summed E-state index contributed by atoms with van der Waals surface area (Å²) in [5, 5.41) is 0. The molecule has 1 amide bonds. The van der Waals surface area contributed by atoms with Gasteiger partial charge in [-0.15, -0.1) is 0 Å². The summed E-state index contributed by atoms with van der Waals surface area (Å²) in [4.78, 5) is 17.8. The highest BCUT2D eigenvalue weighted by Crippen LogP contribution is 2.41. The van der Waals surface area contributed by atoms with Gasteiger partial charge in [-0.2, -0.15) is 0 Å². The molecule has 19 heavy (non-hydrogen) atoms. The van der Waals surface area contributed by atoms with Crippen molar-refractivity contribution in [1.82, 2.24) is 5.48 Å². The standard InChI is InChI=1S/C16H23NO2/c1-13(2)12-19-17-15(18)16(10-6-7-11-16)14-8-4-3-5-9-14/h3-5,8-9,13H,6-7,10-12H2,1-2H3,(H,17,18). The fraction of sp³-hybridized carbons (Fsp3) is 0.562. The molecule has 3 heteroatoms. The zero-order chi connectivity index (χ0) is 13.7. The smallest absolute Gasteiger partial charge is 0.254 e. The molecule has 1 aromatic carbocycles. The second-order valence-electron chi connectivity index (χ2n) is 5.79. The molecule has 0 unspecified atom stereocenters. The summed E-state index contributed by atoms with van der Waals surface area (Å²) in [5.74, 6) is 0.424. The van der Waals surface area contributed by atoms with Gasteiger partial charge < -0.3 is 0 Å². The molecule has 0 spiro atoms. The number of carbonyl (C=O) groups excluding carboxylic acids is 1. The van der Waals surface area contributed by atoms with Gasteiger partial charge in [-0.25, -0.2) is 5.48 Å². The highest BCUT2D eigenvalue weighted by Gasteiger charge is 2.42. The fourth-order valence-electron chi connectivity index (χ4n) is 2.75. The van der Waals surface area contributed by atoms with Crippen molar-refractivity contribution in [3.63, 3.8) is 0 Å². The lowest BCUT2D eigenvalue weighted by Crippen LogP contribution is -2.43. The molecule has 0 heterocycles. The van der Waals surface area contributed by atoms with E-state index in [1.807, 2.05) is 30.3 Å². The number of nitrogens with one attached hydrogen (secondary N) is 1. The lowest BCUT2D eigenvalue weighted by molar-refractivity contribution is -0.140. The maximum atomic E-state index is 12.5. The SMILES string of the molecule is CC(C)CONC(=O)C1(c2ccccc2)CCCC1. The van der Waals surface area contributed by atoms with Gasteiger partial charge in [0.25, 0.3) is 5.91 Å². The first-order valence-corrected chi connectivity index (χ1v) is 7.13. The summed E-state index contributed by atoms with van der Waals surface area (Å²) in [5.41, 5.74) is 3.38. The predicted octanol–water partition coefficient (Wildman–Crippen LogP) is 3.20. The number of amides is 1. The Morgan fingerprint density at radius 2 is 1.89 bits per heavy atom. The van der Waals surface area contributed by atoms with E-state index in [1.54, 1.807) is 0 Å². The average Bonchev–Trinajstić information content (AvgIpc) is 2.90. The van der Waals surface area contributed by atoms with Crippen LogP contribution in [0, 0.1) is 5.92 Å². The zero-order valence-corrected chi connectivity index (χ0v) is 11.8. The van der Waals surface area contributed by atoms with Gasteiger partial charge in [0.2, 0.25) is 0 Å². The van der Waals surface area contributed by atoms with E-state index >= 15 is 0 Å². The first-order valence-electron chi connectivity index (χ1n) is 7.13. The largest absolute Gasteiger partial charge is 0.273 e. The Kier molecular flexibility index (Phi) is 4.59. The Morgan fingerprint density at radius 1 is 1.26 bits per heavy atom. The number of carbonyl (C=O) groups is 1. The summed E-state index contributed by atoms with van der Waals surface area (Å²) in [7, 11) is 0. The number of hydrogen-bond acceptors (Lipinski definition) is 2. The maximum absolute atomic E-state index is 12.5. The van der Waals surface area contributed by atoms with E-state index in [9.17, 15) is 4.79 Å². The molecule has 0 radical (unpaired) electrons. The number of hydroxylamine groups is 1. The lowest BCUT2D eigenvalue weighted by atomic mass is 9.78. The van der Waals surface area contributed by atoms with Crippen LogP contribution in [0.25, 0.3) is 0 Å². The quantitative estimate of drug-likeness (QED) is 0.827. The topological polar surface area (TPSA) is 38.3 Å².